The second-order valence-electron chi connectivity index (χ2n) is 15.5. The number of amides is 4. The fourth-order valence-corrected chi connectivity index (χ4v) is 5.64. The van der Waals surface area contributed by atoms with Crippen LogP contribution in [-0.4, -0.2) is 144 Å². The van der Waals surface area contributed by atoms with Crippen LogP contribution < -0.4 is 21.3 Å². The molecule has 0 saturated carbocycles. The molecular formula is C43H67N7O14. The highest BCUT2D eigenvalue weighted by molar-refractivity contribution is 5.98. The third-order valence-electron chi connectivity index (χ3n) is 8.96. The fourth-order valence-electron chi connectivity index (χ4n) is 5.64. The van der Waals surface area contributed by atoms with Crippen LogP contribution in [0.2, 0.25) is 0 Å². The summed E-state index contributed by atoms with van der Waals surface area (Å²) in [6.07, 6.45) is 9.61. The Labute approximate surface area is 374 Å². The second-order valence-corrected chi connectivity index (χ2v) is 15.5. The van der Waals surface area contributed by atoms with Crippen LogP contribution in [0.5, 0.6) is 0 Å². The molecule has 21 heteroatoms. The van der Waals surface area contributed by atoms with Crippen LogP contribution in [0.1, 0.15) is 118 Å². The van der Waals surface area contributed by atoms with Crippen molar-refractivity contribution in [3.05, 3.63) is 47.3 Å². The molecule has 1 heterocycles. The van der Waals surface area contributed by atoms with Gasteiger partial charge in [-0.2, -0.15) is 9.59 Å². The Kier molecular flexibility index (Phi) is 30.7. The third kappa shape index (κ3) is 30.4. The Morgan fingerprint density at radius 1 is 0.719 bits per heavy atom. The molecule has 4 amide bonds. The second kappa shape index (κ2) is 34.8. The van der Waals surface area contributed by atoms with Gasteiger partial charge >= 0.3 is 24.1 Å². The van der Waals surface area contributed by atoms with Crippen LogP contribution in [0.4, 0.5) is 4.79 Å². The normalized spacial score (nSPS) is 11.4. The molecule has 0 aliphatic heterocycles. The molecule has 0 aliphatic carbocycles. The minimum absolute atomic E-state index is 0.0115. The van der Waals surface area contributed by atoms with Crippen molar-refractivity contribution in [3.63, 3.8) is 0 Å². The number of hydrogen-bond donors (Lipinski definition) is 6. The molecule has 0 bridgehead atoms. The molecule has 1 aromatic heterocycles. The van der Waals surface area contributed by atoms with Gasteiger partial charge in [0.1, 0.15) is 12.6 Å². The van der Waals surface area contributed by atoms with Gasteiger partial charge in [0.2, 0.25) is 5.91 Å². The Morgan fingerprint density at radius 2 is 1.31 bits per heavy atom. The lowest BCUT2D eigenvalue weighted by Gasteiger charge is -2.18. The van der Waals surface area contributed by atoms with Gasteiger partial charge in [-0.05, 0) is 77.8 Å². The first-order valence-electron chi connectivity index (χ1n) is 21.6. The zero-order valence-electron chi connectivity index (χ0n) is 37.4. The number of carbonyl (C=O) groups is 6. The number of urea groups is 1. The molecule has 0 unspecified atom stereocenters. The van der Waals surface area contributed by atoms with Crippen molar-refractivity contribution >= 4 is 41.7 Å². The Balaban J connectivity index is 0.00000662. The van der Waals surface area contributed by atoms with Gasteiger partial charge in [0.05, 0.1) is 50.9 Å². The first-order chi connectivity index (χ1) is 30.6. The number of rotatable bonds is 35. The maximum absolute atomic E-state index is 12.7. The number of carboxylic acids is 2. The minimum Gasteiger partial charge on any atom is -0.481 e. The number of aryl methyl sites for hydroxylation is 2. The lowest BCUT2D eigenvalue weighted by atomic mass is 10.0. The molecular weight excluding hydrogens is 839 g/mol. The van der Waals surface area contributed by atoms with Gasteiger partial charge in [-0.25, -0.2) is 9.59 Å². The molecule has 0 aliphatic rings. The number of carbonyl (C=O) groups excluding carboxylic acids is 6. The number of unbranched alkanes of at least 4 members (excludes halogenated alkanes) is 5. The summed E-state index contributed by atoms with van der Waals surface area (Å²) in [5.41, 5.74) is 1.56. The first kappa shape index (κ1) is 56.4. The minimum atomic E-state index is -1.14. The van der Waals surface area contributed by atoms with E-state index >= 15 is 0 Å². The standard InChI is InChI=1S/C42H67N7O12.CO2/c1-42(2,3)61-31-37(51)43-21-24-58-26-28-60-29-27-59-25-22-44-39(54)33-18-16-32(17-19-33)36(50)14-8-6-4-5-7-12-34-30-49(48-47-34)23-10-9-13-35(40(55)56)46-41(57)45-20-11-15-38(52)53;2-1-3/h16-19,30,35H,4-15,20-29,31H2,1-3H3,(H,43,51)(H,44,54)(H,52,53)(H,55,56)(H2,45,46,57);/t35-;/m0./s1. The summed E-state index contributed by atoms with van der Waals surface area (Å²) in [7, 11) is 0. The quantitative estimate of drug-likeness (QED) is 0.0428. The van der Waals surface area contributed by atoms with Crippen molar-refractivity contribution in [2.24, 2.45) is 0 Å². The molecule has 2 aromatic rings. The zero-order valence-corrected chi connectivity index (χ0v) is 37.4. The zero-order chi connectivity index (χ0) is 47.4. The number of carboxylic acid groups (broad SMARTS) is 2. The van der Waals surface area contributed by atoms with E-state index in [0.717, 1.165) is 44.2 Å². The van der Waals surface area contributed by atoms with Crippen molar-refractivity contribution in [2.45, 2.75) is 116 Å². The number of aromatic nitrogens is 3. The average molecular weight is 906 g/mol. The van der Waals surface area contributed by atoms with E-state index in [1.807, 2.05) is 27.0 Å². The summed E-state index contributed by atoms with van der Waals surface area (Å²) in [4.78, 5) is 87.2. The first-order valence-corrected chi connectivity index (χ1v) is 21.6. The van der Waals surface area contributed by atoms with E-state index in [1.165, 1.54) is 0 Å². The van der Waals surface area contributed by atoms with Crippen LogP contribution in [0.25, 0.3) is 0 Å². The number of benzene rings is 1. The van der Waals surface area contributed by atoms with Gasteiger partial charge < -0.3 is 50.4 Å². The van der Waals surface area contributed by atoms with Gasteiger partial charge in [-0.3, -0.25) is 23.9 Å². The lowest BCUT2D eigenvalue weighted by Crippen LogP contribution is -2.46. The van der Waals surface area contributed by atoms with Crippen molar-refractivity contribution in [1.82, 2.24) is 36.3 Å². The summed E-state index contributed by atoms with van der Waals surface area (Å²) in [6, 6.07) is 4.98. The fraction of sp³-hybridized carbons (Fsp3) is 0.651. The van der Waals surface area contributed by atoms with E-state index in [0.29, 0.717) is 89.7 Å². The van der Waals surface area contributed by atoms with Gasteiger partial charge in [0.15, 0.2) is 5.78 Å². The van der Waals surface area contributed by atoms with E-state index in [1.54, 1.807) is 28.9 Å². The Hall–Kier alpha value is -5.60. The molecule has 358 valence electrons. The number of hydrogen-bond acceptors (Lipinski definition) is 14. The Bertz CT molecular complexity index is 1690. The van der Waals surface area contributed by atoms with E-state index in [4.69, 9.17) is 33.6 Å². The molecule has 0 fully saturated rings. The molecule has 0 spiro atoms. The van der Waals surface area contributed by atoms with E-state index in [9.17, 15) is 33.9 Å². The highest BCUT2D eigenvalue weighted by Crippen LogP contribution is 2.13. The van der Waals surface area contributed by atoms with E-state index < -0.39 is 24.0 Å². The molecule has 21 nitrogen and oxygen atoms in total. The van der Waals surface area contributed by atoms with Crippen molar-refractivity contribution < 1.29 is 67.5 Å². The molecule has 64 heavy (non-hydrogen) atoms. The number of nitrogens with zero attached hydrogens (tertiary/aromatic N) is 3. The van der Waals surface area contributed by atoms with Crippen LogP contribution in [0, 0.1) is 0 Å². The van der Waals surface area contributed by atoms with Crippen molar-refractivity contribution in [1.29, 1.82) is 0 Å². The number of ether oxygens (including phenoxy) is 4. The van der Waals surface area contributed by atoms with Crippen molar-refractivity contribution in [3.8, 4) is 0 Å². The van der Waals surface area contributed by atoms with E-state index in [-0.39, 0.29) is 61.8 Å². The Morgan fingerprint density at radius 3 is 1.94 bits per heavy atom. The van der Waals surface area contributed by atoms with Crippen LogP contribution >= 0.6 is 0 Å². The van der Waals surface area contributed by atoms with E-state index in [2.05, 4.69) is 31.6 Å². The maximum atomic E-state index is 12.7. The largest absolute Gasteiger partial charge is 0.481 e. The summed E-state index contributed by atoms with van der Waals surface area (Å²) in [5.74, 6) is -2.49. The summed E-state index contributed by atoms with van der Waals surface area (Å²) >= 11 is 0. The average Bonchev–Trinajstić information content (AvgIpc) is 3.71. The number of nitrogens with one attached hydrogen (secondary N) is 4. The van der Waals surface area contributed by atoms with Gasteiger partial charge in [-0.15, -0.1) is 5.10 Å². The molecule has 0 radical (unpaired) electrons. The van der Waals surface area contributed by atoms with Gasteiger partial charge in [0, 0.05) is 56.3 Å². The highest BCUT2D eigenvalue weighted by Gasteiger charge is 2.19. The number of ketones is 1. The number of aliphatic carboxylic acids is 2. The molecule has 0 saturated heterocycles. The van der Waals surface area contributed by atoms with Crippen LogP contribution in [0.15, 0.2) is 30.5 Å². The van der Waals surface area contributed by atoms with Crippen LogP contribution in [-0.2, 0) is 55.9 Å². The molecule has 6 N–H and O–H groups in total. The summed E-state index contributed by atoms with van der Waals surface area (Å²) in [5, 5.41) is 36.9. The predicted octanol–water partition coefficient (Wildman–Crippen LogP) is 2.96. The highest BCUT2D eigenvalue weighted by atomic mass is 16.5. The molecule has 2 rings (SSSR count). The number of Topliss-reactive ketones (excluding diaryl/α,β-unsaturated/α-hetero) is 1. The van der Waals surface area contributed by atoms with Gasteiger partial charge in [0.25, 0.3) is 5.91 Å². The summed E-state index contributed by atoms with van der Waals surface area (Å²) < 4.78 is 23.5. The van der Waals surface area contributed by atoms with Gasteiger partial charge in [-0.1, -0.05) is 36.6 Å². The SMILES string of the molecule is CC(C)(C)OCC(=O)NCCOCCOCCOCCNC(=O)c1ccc(C(=O)CCCCCCCc2cn(CCCC[C@H](NC(=O)NCCCC(=O)O)C(=O)O)nn2)cc1.O=C=O. The predicted molar refractivity (Wildman–Crippen MR) is 229 cm³/mol. The van der Waals surface area contributed by atoms with Crippen molar-refractivity contribution in [2.75, 3.05) is 65.9 Å². The molecule has 1 atom stereocenters. The monoisotopic (exact) mass is 905 g/mol. The smallest absolute Gasteiger partial charge is 0.373 e. The summed E-state index contributed by atoms with van der Waals surface area (Å²) in [6.45, 7) is 9.36. The topological polar surface area (TPSA) is 293 Å². The van der Waals surface area contributed by atoms with Crippen LogP contribution in [0.3, 0.4) is 0 Å². The third-order valence-corrected chi connectivity index (χ3v) is 8.96. The maximum Gasteiger partial charge on any atom is 0.373 e. The molecule has 1 aromatic carbocycles. The lowest BCUT2D eigenvalue weighted by molar-refractivity contribution is -0.191.